The van der Waals surface area contributed by atoms with Crippen molar-refractivity contribution in [2.45, 2.75) is 44.9 Å². The summed E-state index contributed by atoms with van der Waals surface area (Å²) in [4.78, 5) is 52.9. The predicted molar refractivity (Wildman–Crippen MR) is 180 cm³/mol. The fourth-order valence-corrected chi connectivity index (χ4v) is 5.50. The van der Waals surface area contributed by atoms with E-state index in [1.54, 1.807) is 7.11 Å². The van der Waals surface area contributed by atoms with Gasteiger partial charge in [-0.1, -0.05) is 43.7 Å². The molecule has 47 heavy (non-hydrogen) atoms. The topological polar surface area (TPSA) is 182 Å². The van der Waals surface area contributed by atoms with Crippen LogP contribution in [-0.2, 0) is 19.2 Å². The smallest absolute Gasteiger partial charge is 0.317 e. The number of aromatic nitrogens is 1. The number of hydrogen-bond donors (Lipinski definition) is 5. The molecule has 3 aromatic rings. The minimum absolute atomic E-state index is 0.00265. The van der Waals surface area contributed by atoms with Crippen LogP contribution in [0.2, 0.25) is 5.02 Å². The largest absolute Gasteiger partial charge is 0.497 e. The molecule has 2 aromatic carbocycles. The number of halogens is 1. The molecular formula is C33H44ClN5O8. The second-order valence-electron chi connectivity index (χ2n) is 11.4. The van der Waals surface area contributed by atoms with Crippen molar-refractivity contribution in [3.05, 3.63) is 41.4 Å². The molecule has 14 heteroatoms. The minimum Gasteiger partial charge on any atom is -0.497 e. The van der Waals surface area contributed by atoms with Gasteiger partial charge in [0.15, 0.2) is 0 Å². The van der Waals surface area contributed by atoms with Crippen LogP contribution in [0.3, 0.4) is 0 Å². The van der Waals surface area contributed by atoms with Crippen molar-refractivity contribution in [3.63, 3.8) is 0 Å². The highest BCUT2D eigenvalue weighted by molar-refractivity contribution is 6.31. The number of nitrogens with zero attached hydrogens (tertiary/aromatic N) is 3. The molecule has 5 N–H and O–H groups in total. The summed E-state index contributed by atoms with van der Waals surface area (Å²) in [6.45, 7) is -0.275. The molecule has 0 bridgehead atoms. The molecule has 0 spiro atoms. The van der Waals surface area contributed by atoms with Crippen LogP contribution in [0.25, 0.3) is 21.8 Å². The average molecular weight is 674 g/mol. The standard InChI is InChI=1S/C33H44ClN5O8/c1-47-24-10-12-27-26(18-24)33(25-11-9-23(34)17-28(25)37-27)36-14-8-6-4-2-3-5-7-13-35-29(40)19-38(20-30(41)42)15-16-39(21-31(43)44)22-32(45)46/h9-12,17-18H,2-8,13-16,19-22H2,1H3,(H,35,40)(H,36,37)(H,41,42)(H,43,44)(H,45,46). The van der Waals surface area contributed by atoms with Crippen molar-refractivity contribution in [2.24, 2.45) is 0 Å². The minimum atomic E-state index is -1.19. The summed E-state index contributed by atoms with van der Waals surface area (Å²) in [5.74, 6) is -3.09. The van der Waals surface area contributed by atoms with Crippen LogP contribution in [-0.4, -0.2) is 113 Å². The molecule has 0 saturated carbocycles. The first kappa shape index (κ1) is 37.3. The van der Waals surface area contributed by atoms with Crippen LogP contribution in [0.15, 0.2) is 36.4 Å². The van der Waals surface area contributed by atoms with E-state index in [9.17, 15) is 24.3 Å². The number of rotatable bonds is 23. The molecule has 0 aliphatic carbocycles. The summed E-state index contributed by atoms with van der Waals surface area (Å²) in [7, 11) is 1.65. The highest BCUT2D eigenvalue weighted by Gasteiger charge is 2.18. The van der Waals surface area contributed by atoms with E-state index in [0.717, 1.165) is 84.7 Å². The Kier molecular flexibility index (Phi) is 15.4. The summed E-state index contributed by atoms with van der Waals surface area (Å²) < 4.78 is 5.44. The Morgan fingerprint density at radius 1 is 0.723 bits per heavy atom. The van der Waals surface area contributed by atoms with Gasteiger partial charge in [-0.15, -0.1) is 0 Å². The molecule has 0 unspecified atom stereocenters. The fraction of sp³-hybridized carbons (Fsp3) is 0.485. The molecule has 0 fully saturated rings. The van der Waals surface area contributed by atoms with Gasteiger partial charge in [-0.25, -0.2) is 4.98 Å². The van der Waals surface area contributed by atoms with E-state index in [-0.39, 0.29) is 25.5 Å². The Labute approximate surface area is 278 Å². The summed E-state index contributed by atoms with van der Waals surface area (Å²) in [5, 5.41) is 36.2. The Morgan fingerprint density at radius 2 is 1.30 bits per heavy atom. The first-order chi connectivity index (χ1) is 22.5. The summed E-state index contributed by atoms with van der Waals surface area (Å²) >= 11 is 6.23. The van der Waals surface area contributed by atoms with E-state index in [1.807, 2.05) is 36.4 Å². The number of carboxylic acids is 3. The maximum atomic E-state index is 12.4. The zero-order valence-electron chi connectivity index (χ0n) is 26.7. The van der Waals surface area contributed by atoms with Crippen LogP contribution in [0.1, 0.15) is 44.9 Å². The normalized spacial score (nSPS) is 11.3. The summed E-state index contributed by atoms with van der Waals surface area (Å²) in [5.41, 5.74) is 2.73. The van der Waals surface area contributed by atoms with Gasteiger partial charge in [-0.05, 0) is 49.2 Å². The van der Waals surface area contributed by atoms with E-state index >= 15 is 0 Å². The van der Waals surface area contributed by atoms with Gasteiger partial charge >= 0.3 is 17.9 Å². The third-order valence-corrected chi connectivity index (χ3v) is 7.83. The maximum Gasteiger partial charge on any atom is 0.317 e. The first-order valence-corrected chi connectivity index (χ1v) is 16.1. The lowest BCUT2D eigenvalue weighted by molar-refractivity contribution is -0.143. The van der Waals surface area contributed by atoms with Crippen LogP contribution in [0.5, 0.6) is 5.75 Å². The monoisotopic (exact) mass is 673 g/mol. The molecule has 0 radical (unpaired) electrons. The van der Waals surface area contributed by atoms with Crippen LogP contribution in [0, 0.1) is 0 Å². The second kappa shape index (κ2) is 19.5. The first-order valence-electron chi connectivity index (χ1n) is 15.7. The number of nitrogens with one attached hydrogen (secondary N) is 2. The highest BCUT2D eigenvalue weighted by Crippen LogP contribution is 2.34. The van der Waals surface area contributed by atoms with Gasteiger partial charge in [-0.2, -0.15) is 0 Å². The van der Waals surface area contributed by atoms with E-state index in [4.69, 9.17) is 31.5 Å². The number of carbonyl (C=O) groups is 4. The summed E-state index contributed by atoms with van der Waals surface area (Å²) in [6.07, 6.45) is 7.06. The number of anilines is 1. The fourth-order valence-electron chi connectivity index (χ4n) is 5.33. The molecule has 13 nitrogen and oxygen atoms in total. The molecule has 256 valence electrons. The second-order valence-corrected chi connectivity index (χ2v) is 11.8. The molecular weight excluding hydrogens is 630 g/mol. The van der Waals surface area contributed by atoms with Crippen LogP contribution >= 0.6 is 11.6 Å². The van der Waals surface area contributed by atoms with E-state index in [0.29, 0.717) is 11.6 Å². The number of pyridine rings is 1. The van der Waals surface area contributed by atoms with Crippen molar-refractivity contribution in [3.8, 4) is 5.75 Å². The Balaban J connectivity index is 1.32. The van der Waals surface area contributed by atoms with Gasteiger partial charge in [0.1, 0.15) is 5.75 Å². The SMILES string of the molecule is COc1ccc2nc3cc(Cl)ccc3c(NCCCCCCCCCNC(=O)CN(CCN(CC(=O)O)CC(=O)O)CC(=O)O)c2c1. The summed E-state index contributed by atoms with van der Waals surface area (Å²) in [6, 6.07) is 11.6. The number of ether oxygens (including phenoxy) is 1. The molecule has 0 aliphatic heterocycles. The number of unbranched alkanes of at least 4 members (excludes halogenated alkanes) is 6. The highest BCUT2D eigenvalue weighted by atomic mass is 35.5. The zero-order chi connectivity index (χ0) is 34.2. The lowest BCUT2D eigenvalue weighted by Crippen LogP contribution is -2.45. The lowest BCUT2D eigenvalue weighted by Gasteiger charge is -2.24. The van der Waals surface area contributed by atoms with Gasteiger partial charge in [0, 0.05) is 42.0 Å². The Hall–Kier alpha value is -4.20. The Bertz CT molecular complexity index is 1510. The third-order valence-electron chi connectivity index (χ3n) is 7.60. The van der Waals surface area contributed by atoms with E-state index < -0.39 is 37.5 Å². The lowest BCUT2D eigenvalue weighted by atomic mass is 10.1. The van der Waals surface area contributed by atoms with Crippen LogP contribution in [0.4, 0.5) is 5.69 Å². The number of benzene rings is 2. The molecule has 3 rings (SSSR count). The molecule has 0 atom stereocenters. The number of carboxylic acid groups (broad SMARTS) is 3. The van der Waals surface area contributed by atoms with Crippen molar-refractivity contribution in [1.29, 1.82) is 0 Å². The van der Waals surface area contributed by atoms with Gasteiger partial charge in [0.25, 0.3) is 0 Å². The van der Waals surface area contributed by atoms with Crippen molar-refractivity contribution in [1.82, 2.24) is 20.1 Å². The molecule has 1 heterocycles. The van der Waals surface area contributed by atoms with Gasteiger partial charge < -0.3 is 30.7 Å². The van der Waals surface area contributed by atoms with Crippen molar-refractivity contribution in [2.75, 3.05) is 64.8 Å². The van der Waals surface area contributed by atoms with Gasteiger partial charge in [0.2, 0.25) is 5.91 Å². The third kappa shape index (κ3) is 13.2. The average Bonchev–Trinajstić information content (AvgIpc) is 3.00. The van der Waals surface area contributed by atoms with E-state index in [1.165, 1.54) is 9.80 Å². The zero-order valence-corrected chi connectivity index (χ0v) is 27.4. The van der Waals surface area contributed by atoms with Gasteiger partial charge in [0.05, 0.1) is 50.0 Å². The predicted octanol–water partition coefficient (Wildman–Crippen LogP) is 4.17. The maximum absolute atomic E-state index is 12.4. The number of carbonyl (C=O) groups excluding carboxylic acids is 1. The van der Waals surface area contributed by atoms with Crippen molar-refractivity contribution < 1.29 is 39.2 Å². The number of aliphatic carboxylic acids is 3. The number of methoxy groups -OCH3 is 1. The number of hydrogen-bond acceptors (Lipinski definition) is 9. The number of fused-ring (bicyclic) bond motifs is 2. The number of amides is 1. The van der Waals surface area contributed by atoms with Crippen LogP contribution < -0.4 is 15.4 Å². The van der Waals surface area contributed by atoms with Gasteiger partial charge in [-0.3, -0.25) is 29.0 Å². The van der Waals surface area contributed by atoms with Crippen molar-refractivity contribution >= 4 is 62.9 Å². The quantitative estimate of drug-likeness (QED) is 0.0717. The molecule has 1 aromatic heterocycles. The Morgan fingerprint density at radius 3 is 1.89 bits per heavy atom. The molecule has 0 aliphatic rings. The molecule has 1 amide bonds. The molecule has 0 saturated heterocycles. The van der Waals surface area contributed by atoms with E-state index in [2.05, 4.69) is 10.6 Å².